The summed E-state index contributed by atoms with van der Waals surface area (Å²) in [5, 5.41) is 7.25. The molecule has 0 aliphatic heterocycles. The van der Waals surface area contributed by atoms with Gasteiger partial charge in [-0.15, -0.1) is 0 Å². The van der Waals surface area contributed by atoms with Gasteiger partial charge in [-0.2, -0.15) is 0 Å². The van der Waals surface area contributed by atoms with Crippen molar-refractivity contribution in [2.24, 2.45) is 0 Å². The van der Waals surface area contributed by atoms with Gasteiger partial charge >= 0.3 is 0 Å². The summed E-state index contributed by atoms with van der Waals surface area (Å²) in [6.07, 6.45) is 0. The summed E-state index contributed by atoms with van der Waals surface area (Å²) in [6, 6.07) is 80.7. The van der Waals surface area contributed by atoms with Gasteiger partial charge in [0.25, 0.3) is 0 Å². The van der Waals surface area contributed by atoms with Crippen molar-refractivity contribution in [3.05, 3.63) is 224 Å². The Morgan fingerprint density at radius 3 is 1.48 bits per heavy atom. The molecule has 11 rings (SSSR count). The molecule has 0 fully saturated rings. The molecule has 0 spiro atoms. The first-order valence-electron chi connectivity index (χ1n) is 19.8. The van der Waals surface area contributed by atoms with Crippen molar-refractivity contribution in [3.8, 4) is 44.5 Å². The van der Waals surface area contributed by atoms with Gasteiger partial charge in [0.05, 0.1) is 0 Å². The third kappa shape index (κ3) is 5.82. The fourth-order valence-electron chi connectivity index (χ4n) is 8.72. The quantitative estimate of drug-likeness (QED) is 0.162. The van der Waals surface area contributed by atoms with E-state index in [0.717, 1.165) is 55.7 Å². The summed E-state index contributed by atoms with van der Waals surface area (Å²) >= 11 is 0. The Hall–Kier alpha value is -7.68. The van der Waals surface area contributed by atoms with E-state index in [0.29, 0.717) is 0 Å². The smallest absolute Gasteiger partial charge is 0.143 e. The van der Waals surface area contributed by atoms with Gasteiger partial charge in [-0.3, -0.25) is 0 Å². The van der Waals surface area contributed by atoms with E-state index in [1.54, 1.807) is 0 Å². The maximum Gasteiger partial charge on any atom is 0.143 e. The number of rotatable bonds is 7. The molecule has 0 radical (unpaired) electrons. The molecule has 2 heteroatoms. The normalized spacial score (nSPS) is 11.4. The van der Waals surface area contributed by atoms with Crippen LogP contribution in [0.2, 0.25) is 0 Å². The first-order valence-corrected chi connectivity index (χ1v) is 19.8. The van der Waals surface area contributed by atoms with E-state index >= 15 is 0 Å². The molecule has 0 saturated heterocycles. The number of anilines is 3. The van der Waals surface area contributed by atoms with Gasteiger partial charge in [-0.25, -0.2) is 0 Å². The Kier molecular flexibility index (Phi) is 8.19. The van der Waals surface area contributed by atoms with Gasteiger partial charge in [0, 0.05) is 33.4 Å². The van der Waals surface area contributed by atoms with E-state index in [4.69, 9.17) is 4.42 Å². The van der Waals surface area contributed by atoms with Crippen molar-refractivity contribution >= 4 is 60.5 Å². The molecule has 0 unspecified atom stereocenters. The lowest BCUT2D eigenvalue weighted by Gasteiger charge is -2.27. The summed E-state index contributed by atoms with van der Waals surface area (Å²) in [6.45, 7) is 0. The van der Waals surface area contributed by atoms with E-state index in [-0.39, 0.29) is 0 Å². The molecule has 0 atom stereocenters. The summed E-state index contributed by atoms with van der Waals surface area (Å²) < 4.78 is 6.44. The van der Waals surface area contributed by atoms with Gasteiger partial charge in [-0.05, 0) is 103 Å². The van der Waals surface area contributed by atoms with Crippen molar-refractivity contribution in [2.45, 2.75) is 0 Å². The van der Waals surface area contributed by atoms with Crippen molar-refractivity contribution in [3.63, 3.8) is 0 Å². The third-order valence-corrected chi connectivity index (χ3v) is 11.5. The minimum atomic E-state index is 0.904. The number of furan rings is 1. The van der Waals surface area contributed by atoms with Crippen molar-refractivity contribution in [1.82, 2.24) is 0 Å². The second-order valence-electron chi connectivity index (χ2n) is 14.9. The van der Waals surface area contributed by atoms with E-state index in [2.05, 4.69) is 217 Å². The lowest BCUT2D eigenvalue weighted by Crippen LogP contribution is -2.10. The van der Waals surface area contributed by atoms with Gasteiger partial charge in [0.15, 0.2) is 0 Å². The van der Waals surface area contributed by atoms with Crippen LogP contribution in [0, 0.1) is 0 Å². The average Bonchev–Trinajstić information content (AvgIpc) is 3.69. The predicted molar refractivity (Wildman–Crippen MR) is 245 cm³/mol. The zero-order chi connectivity index (χ0) is 38.4. The Morgan fingerprint density at radius 1 is 0.276 bits per heavy atom. The second kappa shape index (κ2) is 14.1. The molecular formula is C56H37NO. The standard InChI is InChI=1S/C56H37NO/c1-3-19-46-38(13-1)15-10-24-47(46)40-29-33-43(34-30-40)57(44-35-31-41(32-36-44)50-25-12-27-54-53-23-7-8-28-55(53)58-56(50)54)45-18-9-17-42(37-45)49-21-5-6-22-51(49)52-26-11-16-39-14-2-4-20-48(39)52/h1-37H. The Balaban J connectivity index is 1.04. The number of para-hydroxylation sites is 2. The molecule has 10 aromatic carbocycles. The monoisotopic (exact) mass is 739 g/mol. The number of hydrogen-bond donors (Lipinski definition) is 0. The molecule has 0 aliphatic rings. The number of nitrogens with zero attached hydrogens (tertiary/aromatic N) is 1. The SMILES string of the molecule is c1cc(-c2ccccc2-c2cccc3ccccc23)cc(N(c2ccc(-c3cccc4ccccc34)cc2)c2ccc(-c3cccc4c3oc3ccccc34)cc2)c1. The lowest BCUT2D eigenvalue weighted by atomic mass is 9.91. The van der Waals surface area contributed by atoms with E-state index in [9.17, 15) is 0 Å². The van der Waals surface area contributed by atoms with Gasteiger partial charge < -0.3 is 9.32 Å². The van der Waals surface area contributed by atoms with Crippen LogP contribution in [-0.2, 0) is 0 Å². The summed E-state index contributed by atoms with van der Waals surface area (Å²) in [4.78, 5) is 2.36. The highest BCUT2D eigenvalue weighted by molar-refractivity contribution is 6.09. The topological polar surface area (TPSA) is 16.4 Å². The molecule has 11 aromatic rings. The second-order valence-corrected chi connectivity index (χ2v) is 14.9. The Labute approximate surface area is 337 Å². The van der Waals surface area contributed by atoms with Crippen LogP contribution >= 0.6 is 0 Å². The van der Waals surface area contributed by atoms with Crippen LogP contribution in [0.25, 0.3) is 88.0 Å². The maximum absolute atomic E-state index is 6.44. The highest BCUT2D eigenvalue weighted by Crippen LogP contribution is 2.42. The molecule has 0 saturated carbocycles. The highest BCUT2D eigenvalue weighted by Gasteiger charge is 2.18. The Morgan fingerprint density at radius 2 is 0.759 bits per heavy atom. The van der Waals surface area contributed by atoms with Crippen LogP contribution in [0.3, 0.4) is 0 Å². The van der Waals surface area contributed by atoms with Crippen molar-refractivity contribution in [2.75, 3.05) is 4.90 Å². The van der Waals surface area contributed by atoms with Crippen molar-refractivity contribution in [1.29, 1.82) is 0 Å². The molecule has 1 heterocycles. The fourth-order valence-corrected chi connectivity index (χ4v) is 8.72. The van der Waals surface area contributed by atoms with Crippen LogP contribution in [0.1, 0.15) is 0 Å². The zero-order valence-electron chi connectivity index (χ0n) is 31.7. The fraction of sp³-hybridized carbons (Fsp3) is 0. The van der Waals surface area contributed by atoms with Crippen LogP contribution in [-0.4, -0.2) is 0 Å². The zero-order valence-corrected chi connectivity index (χ0v) is 31.7. The highest BCUT2D eigenvalue weighted by atomic mass is 16.3. The third-order valence-electron chi connectivity index (χ3n) is 11.5. The summed E-state index contributed by atoms with van der Waals surface area (Å²) in [5.41, 5.74) is 14.4. The number of fused-ring (bicyclic) bond motifs is 5. The molecule has 0 aliphatic carbocycles. The molecule has 58 heavy (non-hydrogen) atoms. The predicted octanol–water partition coefficient (Wildman–Crippen LogP) is 16.0. The molecule has 272 valence electrons. The molecule has 0 bridgehead atoms. The number of benzene rings is 10. The van der Waals surface area contributed by atoms with Crippen LogP contribution in [0.15, 0.2) is 229 Å². The Bertz CT molecular complexity index is 3270. The minimum absolute atomic E-state index is 0.904. The van der Waals surface area contributed by atoms with Crippen LogP contribution in [0.5, 0.6) is 0 Å². The molecule has 1 aromatic heterocycles. The first kappa shape index (κ1) is 33.6. The van der Waals surface area contributed by atoms with Gasteiger partial charge in [0.1, 0.15) is 11.2 Å². The molecule has 0 N–H and O–H groups in total. The van der Waals surface area contributed by atoms with Gasteiger partial charge in [-0.1, -0.05) is 182 Å². The average molecular weight is 740 g/mol. The van der Waals surface area contributed by atoms with Gasteiger partial charge in [0.2, 0.25) is 0 Å². The van der Waals surface area contributed by atoms with Crippen LogP contribution in [0.4, 0.5) is 17.1 Å². The molecule has 0 amide bonds. The molecule has 2 nitrogen and oxygen atoms in total. The summed E-state index contributed by atoms with van der Waals surface area (Å²) in [5.74, 6) is 0. The van der Waals surface area contributed by atoms with E-state index in [1.165, 1.54) is 49.4 Å². The first-order chi connectivity index (χ1) is 28.8. The van der Waals surface area contributed by atoms with Crippen molar-refractivity contribution < 1.29 is 4.42 Å². The maximum atomic E-state index is 6.44. The van der Waals surface area contributed by atoms with E-state index in [1.807, 2.05) is 12.1 Å². The lowest BCUT2D eigenvalue weighted by molar-refractivity contribution is 0.670. The summed E-state index contributed by atoms with van der Waals surface area (Å²) in [7, 11) is 0. The molecular weight excluding hydrogens is 703 g/mol. The van der Waals surface area contributed by atoms with Crippen LogP contribution < -0.4 is 4.90 Å². The number of hydrogen-bond acceptors (Lipinski definition) is 2. The minimum Gasteiger partial charge on any atom is -0.455 e. The van der Waals surface area contributed by atoms with E-state index < -0.39 is 0 Å². The largest absolute Gasteiger partial charge is 0.455 e.